The standard InChI is InChI=1S/C22H12FN7O2/c23-17-4-2-1-3-14(17)13-6-8-19-16(10-13)20(28-32-19)22(31)25-18-7-5-12(11-24)9-15(18)21-26-29-30-27-21/h1-10H,(H,25,31)(H,26,27,29,30). The molecule has 154 valence electrons. The number of hydrogen-bond acceptors (Lipinski definition) is 7. The number of hydrogen-bond donors (Lipinski definition) is 2. The zero-order valence-electron chi connectivity index (χ0n) is 16.2. The lowest BCUT2D eigenvalue weighted by molar-refractivity contribution is 0.102. The molecule has 9 nitrogen and oxygen atoms in total. The first-order valence-electron chi connectivity index (χ1n) is 9.38. The van der Waals surface area contributed by atoms with E-state index in [1.165, 1.54) is 6.07 Å². The number of nitrogens with zero attached hydrogens (tertiary/aromatic N) is 5. The van der Waals surface area contributed by atoms with Crippen molar-refractivity contribution in [2.45, 2.75) is 0 Å². The number of amides is 1. The number of carbonyl (C=O) groups is 1. The average Bonchev–Trinajstić information content (AvgIpc) is 3.49. The van der Waals surface area contributed by atoms with E-state index >= 15 is 0 Å². The van der Waals surface area contributed by atoms with Crippen LogP contribution in [0.5, 0.6) is 0 Å². The van der Waals surface area contributed by atoms with Crippen LogP contribution in [-0.2, 0) is 0 Å². The minimum atomic E-state index is -0.548. The first kappa shape index (κ1) is 19.1. The number of rotatable bonds is 4. The van der Waals surface area contributed by atoms with Gasteiger partial charge in [0.25, 0.3) is 5.91 Å². The molecule has 0 atom stereocenters. The molecular formula is C22H12FN7O2. The molecule has 2 N–H and O–H groups in total. The fraction of sp³-hybridized carbons (Fsp3) is 0. The summed E-state index contributed by atoms with van der Waals surface area (Å²) in [5.41, 5.74) is 2.57. The molecular weight excluding hydrogens is 413 g/mol. The lowest BCUT2D eigenvalue weighted by Crippen LogP contribution is -2.13. The number of carbonyl (C=O) groups excluding carboxylic acids is 1. The number of nitrogens with one attached hydrogen (secondary N) is 2. The molecule has 0 saturated heterocycles. The molecule has 5 rings (SSSR count). The van der Waals surface area contributed by atoms with Crippen molar-refractivity contribution in [3.05, 3.63) is 77.7 Å². The van der Waals surface area contributed by atoms with E-state index in [1.54, 1.807) is 54.6 Å². The monoisotopic (exact) mass is 425 g/mol. The van der Waals surface area contributed by atoms with E-state index in [2.05, 4.69) is 31.1 Å². The van der Waals surface area contributed by atoms with Crippen LogP contribution in [0.4, 0.5) is 10.1 Å². The summed E-state index contributed by atoms with van der Waals surface area (Å²) in [6, 6.07) is 18.0. The van der Waals surface area contributed by atoms with Crippen LogP contribution in [-0.4, -0.2) is 31.7 Å². The number of H-pyrrole nitrogens is 1. The van der Waals surface area contributed by atoms with E-state index in [4.69, 9.17) is 4.52 Å². The van der Waals surface area contributed by atoms with Crippen LogP contribution in [0.1, 0.15) is 16.1 Å². The maximum atomic E-state index is 14.2. The van der Waals surface area contributed by atoms with Gasteiger partial charge in [-0.3, -0.25) is 4.79 Å². The lowest BCUT2D eigenvalue weighted by atomic mass is 10.0. The van der Waals surface area contributed by atoms with Crippen LogP contribution in [0.3, 0.4) is 0 Å². The number of aromatic amines is 1. The maximum Gasteiger partial charge on any atom is 0.278 e. The summed E-state index contributed by atoms with van der Waals surface area (Å²) in [5.74, 6) is -0.644. The second kappa shape index (κ2) is 7.73. The van der Waals surface area contributed by atoms with Crippen LogP contribution < -0.4 is 5.32 Å². The molecule has 2 heterocycles. The third kappa shape index (κ3) is 3.33. The highest BCUT2D eigenvalue weighted by molar-refractivity contribution is 6.12. The van der Waals surface area contributed by atoms with Gasteiger partial charge in [0, 0.05) is 11.1 Å². The van der Waals surface area contributed by atoms with Gasteiger partial charge in [0.05, 0.1) is 22.7 Å². The molecule has 32 heavy (non-hydrogen) atoms. The quantitative estimate of drug-likeness (QED) is 0.445. The Hall–Kier alpha value is -4.91. The zero-order valence-corrected chi connectivity index (χ0v) is 16.2. The summed E-state index contributed by atoms with van der Waals surface area (Å²) in [6.07, 6.45) is 0. The predicted octanol–water partition coefficient (Wildman–Crippen LogP) is 3.94. The number of halogens is 1. The van der Waals surface area contributed by atoms with E-state index in [0.29, 0.717) is 38.9 Å². The molecule has 0 bridgehead atoms. The van der Waals surface area contributed by atoms with Gasteiger partial charge in [-0.05, 0) is 52.4 Å². The number of nitriles is 1. The van der Waals surface area contributed by atoms with Crippen molar-refractivity contribution in [3.8, 4) is 28.6 Å². The summed E-state index contributed by atoms with van der Waals surface area (Å²) in [7, 11) is 0. The molecule has 1 amide bonds. The van der Waals surface area contributed by atoms with Crippen LogP contribution in [0.15, 0.2) is 65.2 Å². The van der Waals surface area contributed by atoms with Crippen LogP contribution in [0.25, 0.3) is 33.5 Å². The number of anilines is 1. The third-order valence-corrected chi connectivity index (χ3v) is 4.87. The topological polar surface area (TPSA) is 133 Å². The fourth-order valence-corrected chi connectivity index (χ4v) is 3.34. The van der Waals surface area contributed by atoms with Crippen LogP contribution in [0, 0.1) is 17.1 Å². The molecule has 0 aliphatic heterocycles. The Morgan fingerprint density at radius 1 is 1.09 bits per heavy atom. The van der Waals surface area contributed by atoms with Gasteiger partial charge in [-0.15, -0.1) is 5.10 Å². The lowest BCUT2D eigenvalue weighted by Gasteiger charge is -2.08. The van der Waals surface area contributed by atoms with Gasteiger partial charge in [-0.25, -0.2) is 9.49 Å². The SMILES string of the molecule is N#Cc1ccc(NC(=O)c2noc3ccc(-c4ccccc4F)cc23)c(-c2nnn[nH]2)c1. The van der Waals surface area contributed by atoms with Gasteiger partial charge < -0.3 is 9.84 Å². The molecule has 0 aliphatic rings. The smallest absolute Gasteiger partial charge is 0.278 e. The fourth-order valence-electron chi connectivity index (χ4n) is 3.34. The van der Waals surface area contributed by atoms with E-state index in [1.807, 2.05) is 6.07 Å². The van der Waals surface area contributed by atoms with Crippen LogP contribution in [0.2, 0.25) is 0 Å². The molecule has 0 radical (unpaired) electrons. The molecule has 0 saturated carbocycles. The average molecular weight is 425 g/mol. The molecule has 0 fully saturated rings. The first-order valence-corrected chi connectivity index (χ1v) is 9.38. The van der Waals surface area contributed by atoms with Gasteiger partial charge in [0.15, 0.2) is 17.1 Å². The maximum absolute atomic E-state index is 14.2. The van der Waals surface area contributed by atoms with E-state index < -0.39 is 5.91 Å². The Morgan fingerprint density at radius 3 is 2.75 bits per heavy atom. The number of aromatic nitrogens is 5. The van der Waals surface area contributed by atoms with E-state index in [9.17, 15) is 14.4 Å². The molecule has 5 aromatic rings. The Labute approximate surface area is 179 Å². The third-order valence-electron chi connectivity index (χ3n) is 4.87. The van der Waals surface area contributed by atoms with Crippen molar-refractivity contribution in [1.29, 1.82) is 5.26 Å². The van der Waals surface area contributed by atoms with Gasteiger partial charge in [-0.1, -0.05) is 29.4 Å². The number of tetrazole rings is 1. The predicted molar refractivity (Wildman–Crippen MR) is 112 cm³/mol. The highest BCUT2D eigenvalue weighted by Gasteiger charge is 2.20. The van der Waals surface area contributed by atoms with Gasteiger partial charge in [0.2, 0.25) is 0 Å². The summed E-state index contributed by atoms with van der Waals surface area (Å²) in [5, 5.41) is 29.8. The summed E-state index contributed by atoms with van der Waals surface area (Å²) < 4.78 is 19.5. The highest BCUT2D eigenvalue weighted by atomic mass is 19.1. The van der Waals surface area contributed by atoms with Crippen molar-refractivity contribution in [3.63, 3.8) is 0 Å². The summed E-state index contributed by atoms with van der Waals surface area (Å²) in [6.45, 7) is 0. The minimum Gasteiger partial charge on any atom is -0.355 e. The van der Waals surface area contributed by atoms with E-state index in [-0.39, 0.29) is 17.3 Å². The van der Waals surface area contributed by atoms with Gasteiger partial charge >= 0.3 is 0 Å². The van der Waals surface area contributed by atoms with Gasteiger partial charge in [0.1, 0.15) is 5.82 Å². The van der Waals surface area contributed by atoms with Crippen LogP contribution >= 0.6 is 0 Å². The van der Waals surface area contributed by atoms with Crippen molar-refractivity contribution < 1.29 is 13.7 Å². The Balaban J connectivity index is 1.53. The normalized spacial score (nSPS) is 10.8. The molecule has 0 aliphatic carbocycles. The second-order valence-electron chi connectivity index (χ2n) is 6.80. The largest absolute Gasteiger partial charge is 0.355 e. The minimum absolute atomic E-state index is 0.0317. The summed E-state index contributed by atoms with van der Waals surface area (Å²) >= 11 is 0. The first-order chi connectivity index (χ1) is 15.6. The zero-order chi connectivity index (χ0) is 22.1. The summed E-state index contributed by atoms with van der Waals surface area (Å²) in [4.78, 5) is 13.0. The van der Waals surface area contributed by atoms with Gasteiger partial charge in [-0.2, -0.15) is 5.26 Å². The van der Waals surface area contributed by atoms with Crippen molar-refractivity contribution in [1.82, 2.24) is 25.8 Å². The number of fused-ring (bicyclic) bond motifs is 1. The molecule has 2 aromatic heterocycles. The molecule has 10 heteroatoms. The molecule has 3 aromatic carbocycles. The van der Waals surface area contributed by atoms with Crippen molar-refractivity contribution in [2.24, 2.45) is 0 Å². The van der Waals surface area contributed by atoms with Crippen molar-refractivity contribution >= 4 is 22.6 Å². The molecule has 0 unspecified atom stereocenters. The Morgan fingerprint density at radius 2 is 1.97 bits per heavy atom. The Kier molecular flexibility index (Phi) is 4.61. The Bertz CT molecular complexity index is 1500. The second-order valence-corrected chi connectivity index (χ2v) is 6.80. The van der Waals surface area contributed by atoms with Crippen molar-refractivity contribution in [2.75, 3.05) is 5.32 Å². The molecule has 0 spiro atoms. The van der Waals surface area contributed by atoms with E-state index in [0.717, 1.165) is 0 Å². The highest BCUT2D eigenvalue weighted by Crippen LogP contribution is 2.30. The number of benzene rings is 3.